The highest BCUT2D eigenvalue weighted by molar-refractivity contribution is 8.00. The monoisotopic (exact) mass is 323 g/mol. The number of carbonyl (C=O) groups is 2. The van der Waals surface area contributed by atoms with Crippen LogP contribution in [-0.2, 0) is 9.53 Å². The normalized spacial score (nSPS) is 12.8. The number of halogens is 3. The van der Waals surface area contributed by atoms with Crippen LogP contribution in [0.1, 0.15) is 10.4 Å². The van der Waals surface area contributed by atoms with Gasteiger partial charge in [-0.25, -0.2) is 4.79 Å². The van der Waals surface area contributed by atoms with Crippen LogP contribution in [0.3, 0.4) is 0 Å². The van der Waals surface area contributed by atoms with Crippen LogP contribution in [-0.4, -0.2) is 42.2 Å². The molecule has 1 amide bonds. The first-order valence-electron chi connectivity index (χ1n) is 5.63. The summed E-state index contributed by atoms with van der Waals surface area (Å²) in [4.78, 5) is 22.3. The molecular formula is C12H12F3NO4S. The lowest BCUT2D eigenvalue weighted by Gasteiger charge is -2.13. The van der Waals surface area contributed by atoms with Gasteiger partial charge in [0.25, 0.3) is 5.91 Å². The molecule has 1 atom stereocenters. The molecule has 1 unspecified atom stereocenters. The number of amides is 1. The molecule has 0 aliphatic carbocycles. The molecule has 0 saturated heterocycles. The molecule has 0 spiro atoms. The predicted octanol–water partition coefficient (Wildman–Crippen LogP) is 2.13. The number of alkyl halides is 3. The number of ether oxygens (including phenoxy) is 1. The Balaban J connectivity index is 2.81. The molecule has 0 aliphatic heterocycles. The number of nitrogens with one attached hydrogen (secondary N) is 1. The summed E-state index contributed by atoms with van der Waals surface area (Å²) < 4.78 is 41.8. The Bertz CT molecular complexity index is 521. The molecule has 116 valence electrons. The minimum Gasteiger partial charge on any atom is -0.479 e. The van der Waals surface area contributed by atoms with Gasteiger partial charge in [-0.2, -0.15) is 13.2 Å². The minimum atomic E-state index is -4.52. The summed E-state index contributed by atoms with van der Waals surface area (Å²) in [7, 11) is 1.15. The molecule has 0 aliphatic rings. The molecule has 0 saturated carbocycles. The van der Waals surface area contributed by atoms with Crippen molar-refractivity contribution in [3.05, 3.63) is 29.8 Å². The van der Waals surface area contributed by atoms with Gasteiger partial charge >= 0.3 is 11.5 Å². The number of hydrogen-bond donors (Lipinski definition) is 2. The zero-order chi connectivity index (χ0) is 16.0. The maximum absolute atomic E-state index is 12.4. The van der Waals surface area contributed by atoms with Crippen molar-refractivity contribution in [3.8, 4) is 0 Å². The summed E-state index contributed by atoms with van der Waals surface area (Å²) in [5.74, 6) is -2.08. The van der Waals surface area contributed by atoms with Crippen LogP contribution in [0.2, 0.25) is 0 Å². The maximum atomic E-state index is 12.4. The van der Waals surface area contributed by atoms with E-state index in [9.17, 15) is 22.8 Å². The van der Waals surface area contributed by atoms with Crippen molar-refractivity contribution in [2.24, 2.45) is 0 Å². The Morgan fingerprint density at radius 2 is 2.00 bits per heavy atom. The van der Waals surface area contributed by atoms with Gasteiger partial charge in [0.2, 0.25) is 0 Å². The van der Waals surface area contributed by atoms with E-state index < -0.39 is 35.3 Å². The molecule has 0 radical (unpaired) electrons. The lowest BCUT2D eigenvalue weighted by Crippen LogP contribution is -2.38. The summed E-state index contributed by atoms with van der Waals surface area (Å²) in [6.07, 6.45) is -1.27. The highest BCUT2D eigenvalue weighted by atomic mass is 32.2. The number of hydrogen-bond acceptors (Lipinski definition) is 4. The van der Waals surface area contributed by atoms with Crippen LogP contribution in [0.25, 0.3) is 0 Å². The number of carbonyl (C=O) groups excluding carboxylic acids is 1. The van der Waals surface area contributed by atoms with Gasteiger partial charge in [-0.05, 0) is 23.9 Å². The van der Waals surface area contributed by atoms with Crippen LogP contribution in [0.15, 0.2) is 29.2 Å². The second-order valence-electron chi connectivity index (χ2n) is 3.82. The first-order valence-corrected chi connectivity index (χ1v) is 6.45. The molecule has 21 heavy (non-hydrogen) atoms. The van der Waals surface area contributed by atoms with Gasteiger partial charge in [0.05, 0.1) is 12.1 Å². The number of rotatable bonds is 6. The van der Waals surface area contributed by atoms with Crippen molar-refractivity contribution < 1.29 is 32.6 Å². The summed E-state index contributed by atoms with van der Waals surface area (Å²) in [5.41, 5.74) is -4.70. The number of carboxylic acid groups (broad SMARTS) is 1. The average molecular weight is 323 g/mol. The Morgan fingerprint density at radius 1 is 1.38 bits per heavy atom. The molecule has 0 bridgehead atoms. The van der Waals surface area contributed by atoms with Crippen LogP contribution >= 0.6 is 11.8 Å². The molecule has 1 rings (SSSR count). The van der Waals surface area contributed by atoms with Crippen molar-refractivity contribution in [2.45, 2.75) is 16.5 Å². The number of aliphatic carboxylic acids is 1. The van der Waals surface area contributed by atoms with Crippen LogP contribution in [0.5, 0.6) is 0 Å². The van der Waals surface area contributed by atoms with E-state index in [1.165, 1.54) is 18.2 Å². The third kappa shape index (κ3) is 5.64. The summed E-state index contributed by atoms with van der Waals surface area (Å²) >= 11 is -0.406. The zero-order valence-corrected chi connectivity index (χ0v) is 11.6. The fraction of sp³-hybridized carbons (Fsp3) is 0.333. The number of thioether (sulfide) groups is 1. The van der Waals surface area contributed by atoms with E-state index in [0.29, 0.717) is 0 Å². The van der Waals surface area contributed by atoms with Crippen molar-refractivity contribution in [2.75, 3.05) is 13.7 Å². The van der Waals surface area contributed by atoms with Gasteiger partial charge in [0, 0.05) is 12.0 Å². The van der Waals surface area contributed by atoms with Gasteiger partial charge in [-0.1, -0.05) is 12.1 Å². The molecule has 1 aromatic carbocycles. The van der Waals surface area contributed by atoms with E-state index >= 15 is 0 Å². The minimum absolute atomic E-state index is 0.180. The fourth-order valence-electron chi connectivity index (χ4n) is 1.42. The second kappa shape index (κ2) is 7.32. The topological polar surface area (TPSA) is 75.6 Å². The molecule has 0 heterocycles. The third-order valence-corrected chi connectivity index (χ3v) is 3.17. The summed E-state index contributed by atoms with van der Waals surface area (Å²) in [6.45, 7) is -0.352. The third-order valence-electron chi connectivity index (χ3n) is 2.37. The summed E-state index contributed by atoms with van der Waals surface area (Å²) in [5, 5.41) is 11.0. The second-order valence-corrected chi connectivity index (χ2v) is 4.92. The van der Waals surface area contributed by atoms with E-state index in [1.54, 1.807) is 0 Å². The zero-order valence-electron chi connectivity index (χ0n) is 10.8. The van der Waals surface area contributed by atoms with E-state index in [4.69, 9.17) is 5.11 Å². The van der Waals surface area contributed by atoms with Crippen molar-refractivity contribution in [1.82, 2.24) is 5.32 Å². The van der Waals surface area contributed by atoms with Crippen LogP contribution in [0.4, 0.5) is 13.2 Å². The van der Waals surface area contributed by atoms with Crippen molar-refractivity contribution in [3.63, 3.8) is 0 Å². The highest BCUT2D eigenvalue weighted by Gasteiger charge is 2.31. The molecular weight excluding hydrogens is 311 g/mol. The van der Waals surface area contributed by atoms with Gasteiger partial charge in [0.15, 0.2) is 6.10 Å². The lowest BCUT2D eigenvalue weighted by atomic mass is 10.2. The van der Waals surface area contributed by atoms with Gasteiger partial charge in [-0.3, -0.25) is 4.79 Å². The largest absolute Gasteiger partial charge is 0.479 e. The molecule has 0 aromatic heterocycles. The predicted molar refractivity (Wildman–Crippen MR) is 69.1 cm³/mol. The Labute approximate surface area is 122 Å². The fourth-order valence-corrected chi connectivity index (χ4v) is 2.09. The Kier molecular flexibility index (Phi) is 6.03. The number of benzene rings is 1. The van der Waals surface area contributed by atoms with E-state index in [0.717, 1.165) is 13.2 Å². The van der Waals surface area contributed by atoms with E-state index in [2.05, 4.69) is 10.1 Å². The van der Waals surface area contributed by atoms with E-state index in [1.807, 2.05) is 0 Å². The first-order chi connectivity index (χ1) is 9.74. The van der Waals surface area contributed by atoms with Gasteiger partial charge in [0.1, 0.15) is 0 Å². The average Bonchev–Trinajstić information content (AvgIpc) is 2.37. The van der Waals surface area contributed by atoms with Crippen molar-refractivity contribution in [1.29, 1.82) is 0 Å². The molecule has 2 N–H and O–H groups in total. The number of carboxylic acids is 1. The standard InChI is InChI=1S/C12H12F3NO4S/c1-20-8(11(18)19)6-16-10(17)7-4-2-3-5-9(7)21-12(13,14)15/h2-5,8H,6H2,1H3,(H,16,17)(H,18,19). The molecule has 9 heteroatoms. The first kappa shape index (κ1) is 17.3. The van der Waals surface area contributed by atoms with Crippen LogP contribution < -0.4 is 5.32 Å². The smallest absolute Gasteiger partial charge is 0.446 e. The molecule has 5 nitrogen and oxygen atoms in total. The van der Waals surface area contributed by atoms with Gasteiger partial charge in [-0.15, -0.1) is 0 Å². The Hall–Kier alpha value is -1.74. The quantitative estimate of drug-likeness (QED) is 0.785. The van der Waals surface area contributed by atoms with Gasteiger partial charge < -0.3 is 15.2 Å². The Morgan fingerprint density at radius 3 is 2.52 bits per heavy atom. The highest BCUT2D eigenvalue weighted by Crippen LogP contribution is 2.38. The lowest BCUT2D eigenvalue weighted by molar-refractivity contribution is -0.148. The van der Waals surface area contributed by atoms with Crippen molar-refractivity contribution >= 4 is 23.6 Å². The summed E-state index contributed by atoms with van der Waals surface area (Å²) in [6, 6.07) is 5.18. The molecule has 0 fully saturated rings. The SMILES string of the molecule is COC(CNC(=O)c1ccccc1SC(F)(F)F)C(=O)O. The van der Waals surface area contributed by atoms with E-state index in [-0.39, 0.29) is 17.0 Å². The number of methoxy groups -OCH3 is 1. The maximum Gasteiger partial charge on any atom is 0.446 e. The molecule has 1 aromatic rings. The van der Waals surface area contributed by atoms with Crippen LogP contribution in [0, 0.1) is 0 Å².